The normalized spacial score (nSPS) is 11.4. The minimum absolute atomic E-state index is 0.128. The zero-order valence-corrected chi connectivity index (χ0v) is 10.2. The maximum absolute atomic E-state index is 12.6. The molecule has 0 radical (unpaired) electrons. The van der Waals surface area contributed by atoms with E-state index in [9.17, 15) is 13.2 Å². The Hall–Kier alpha value is -2.17. The molecule has 0 saturated heterocycles. The molecule has 100 valence electrons. The number of hydrogen-bond donors (Lipinski definition) is 1. The van der Waals surface area contributed by atoms with Crippen LogP contribution in [0.2, 0.25) is 0 Å². The third-order valence-corrected chi connectivity index (χ3v) is 2.60. The molecule has 0 heterocycles. The van der Waals surface area contributed by atoms with Gasteiger partial charge in [0.15, 0.2) is 0 Å². The first-order valence-corrected chi connectivity index (χ1v) is 5.57. The third kappa shape index (κ3) is 3.19. The number of rotatable bonds is 2. The lowest BCUT2D eigenvalue weighted by Crippen LogP contribution is -2.04. The lowest BCUT2D eigenvalue weighted by molar-refractivity contribution is -0.137. The average molecular weight is 267 g/mol. The van der Waals surface area contributed by atoms with Crippen molar-refractivity contribution in [2.24, 2.45) is 0 Å². The number of nitrogens with two attached hydrogens (primary N) is 1. The van der Waals surface area contributed by atoms with Crippen LogP contribution in [0.1, 0.15) is 11.1 Å². The summed E-state index contributed by atoms with van der Waals surface area (Å²) in [5, 5.41) is 0. The highest BCUT2D eigenvalue weighted by Gasteiger charge is 2.30. The van der Waals surface area contributed by atoms with Crippen molar-refractivity contribution in [1.29, 1.82) is 0 Å². The van der Waals surface area contributed by atoms with Gasteiger partial charge in [0.1, 0.15) is 11.5 Å². The molecule has 0 unspecified atom stereocenters. The van der Waals surface area contributed by atoms with Crippen LogP contribution in [0.15, 0.2) is 42.5 Å². The predicted octanol–water partition coefficient (Wildman–Crippen LogP) is 4.39. The summed E-state index contributed by atoms with van der Waals surface area (Å²) >= 11 is 0. The van der Waals surface area contributed by atoms with E-state index in [-0.39, 0.29) is 5.75 Å². The van der Waals surface area contributed by atoms with Crippen LogP contribution < -0.4 is 10.5 Å². The highest BCUT2D eigenvalue weighted by molar-refractivity contribution is 5.49. The molecule has 2 aromatic carbocycles. The number of aryl methyl sites for hydroxylation is 1. The van der Waals surface area contributed by atoms with Crippen molar-refractivity contribution < 1.29 is 17.9 Å². The monoisotopic (exact) mass is 267 g/mol. The molecule has 0 saturated carbocycles. The molecule has 0 aliphatic carbocycles. The number of hydrogen-bond acceptors (Lipinski definition) is 2. The second-order valence-corrected chi connectivity index (χ2v) is 4.15. The van der Waals surface area contributed by atoms with E-state index >= 15 is 0 Å². The van der Waals surface area contributed by atoms with Crippen LogP contribution >= 0.6 is 0 Å². The highest BCUT2D eigenvalue weighted by Crippen LogP contribution is 2.33. The van der Waals surface area contributed by atoms with Gasteiger partial charge in [-0.3, -0.25) is 0 Å². The van der Waals surface area contributed by atoms with Crippen LogP contribution in [0.25, 0.3) is 0 Å². The summed E-state index contributed by atoms with van der Waals surface area (Å²) < 4.78 is 43.2. The zero-order valence-electron chi connectivity index (χ0n) is 10.2. The van der Waals surface area contributed by atoms with Crippen molar-refractivity contribution in [3.63, 3.8) is 0 Å². The Bertz CT molecular complexity index is 593. The highest BCUT2D eigenvalue weighted by atomic mass is 19.4. The lowest BCUT2D eigenvalue weighted by Gasteiger charge is -2.12. The van der Waals surface area contributed by atoms with E-state index in [4.69, 9.17) is 10.5 Å². The van der Waals surface area contributed by atoms with E-state index in [1.165, 1.54) is 12.1 Å². The fourth-order valence-corrected chi connectivity index (χ4v) is 1.59. The van der Waals surface area contributed by atoms with Gasteiger partial charge in [-0.2, -0.15) is 13.2 Å². The van der Waals surface area contributed by atoms with Crippen molar-refractivity contribution in [1.82, 2.24) is 0 Å². The van der Waals surface area contributed by atoms with Gasteiger partial charge in [-0.05, 0) is 36.8 Å². The molecule has 0 spiro atoms. The molecule has 0 aromatic heterocycles. The standard InChI is InChI=1S/C14H12F3NO/c1-9-5-6-11(18)8-13(9)19-12-4-2-3-10(7-12)14(15,16)17/h2-8H,18H2,1H3. The molecule has 0 fully saturated rings. The molecule has 2 rings (SSSR count). The summed E-state index contributed by atoms with van der Waals surface area (Å²) in [6.45, 7) is 1.79. The van der Waals surface area contributed by atoms with Crippen LogP contribution in [-0.2, 0) is 6.18 Å². The quantitative estimate of drug-likeness (QED) is 0.819. The number of benzene rings is 2. The Morgan fingerprint density at radius 2 is 1.79 bits per heavy atom. The molecule has 2 nitrogen and oxygen atoms in total. The maximum Gasteiger partial charge on any atom is 0.416 e. The maximum atomic E-state index is 12.6. The molecule has 0 amide bonds. The summed E-state index contributed by atoms with van der Waals surface area (Å²) in [7, 11) is 0. The van der Waals surface area contributed by atoms with Gasteiger partial charge in [0, 0.05) is 11.8 Å². The minimum atomic E-state index is -4.38. The second kappa shape index (κ2) is 4.84. The molecular weight excluding hydrogens is 255 g/mol. The van der Waals surface area contributed by atoms with Crippen molar-refractivity contribution in [3.8, 4) is 11.5 Å². The van der Waals surface area contributed by atoms with E-state index in [2.05, 4.69) is 0 Å². The fraction of sp³-hybridized carbons (Fsp3) is 0.143. The van der Waals surface area contributed by atoms with Crippen LogP contribution in [0.3, 0.4) is 0 Å². The second-order valence-electron chi connectivity index (χ2n) is 4.15. The summed E-state index contributed by atoms with van der Waals surface area (Å²) in [5.41, 5.74) is 6.17. The van der Waals surface area contributed by atoms with Crippen LogP contribution in [0.4, 0.5) is 18.9 Å². The number of halogens is 3. The smallest absolute Gasteiger partial charge is 0.416 e. The summed E-state index contributed by atoms with van der Waals surface area (Å²) in [5.74, 6) is 0.572. The first-order chi connectivity index (χ1) is 8.86. The largest absolute Gasteiger partial charge is 0.457 e. The first kappa shape index (κ1) is 13.3. The number of ether oxygens (including phenoxy) is 1. The number of anilines is 1. The van der Waals surface area contributed by atoms with Crippen LogP contribution in [0, 0.1) is 6.92 Å². The van der Waals surface area contributed by atoms with Gasteiger partial charge >= 0.3 is 6.18 Å². The summed E-state index contributed by atoms with van der Waals surface area (Å²) in [4.78, 5) is 0. The van der Waals surface area contributed by atoms with E-state index in [0.29, 0.717) is 11.4 Å². The summed E-state index contributed by atoms with van der Waals surface area (Å²) in [6, 6.07) is 9.77. The molecule has 5 heteroatoms. The molecule has 0 aliphatic heterocycles. The molecule has 2 N–H and O–H groups in total. The van der Waals surface area contributed by atoms with Gasteiger partial charge in [-0.15, -0.1) is 0 Å². The van der Waals surface area contributed by atoms with E-state index < -0.39 is 11.7 Å². The lowest BCUT2D eigenvalue weighted by atomic mass is 10.2. The Morgan fingerprint density at radius 3 is 2.47 bits per heavy atom. The fourth-order valence-electron chi connectivity index (χ4n) is 1.59. The molecule has 19 heavy (non-hydrogen) atoms. The van der Waals surface area contributed by atoms with Crippen LogP contribution in [-0.4, -0.2) is 0 Å². The Balaban J connectivity index is 2.31. The molecular formula is C14H12F3NO. The third-order valence-electron chi connectivity index (χ3n) is 2.60. The van der Waals surface area contributed by atoms with Gasteiger partial charge in [-0.25, -0.2) is 0 Å². The Morgan fingerprint density at radius 1 is 1.05 bits per heavy atom. The first-order valence-electron chi connectivity index (χ1n) is 5.57. The predicted molar refractivity (Wildman–Crippen MR) is 67.1 cm³/mol. The van der Waals surface area contributed by atoms with Gasteiger partial charge in [-0.1, -0.05) is 12.1 Å². The molecule has 0 bridgehead atoms. The van der Waals surface area contributed by atoms with Gasteiger partial charge < -0.3 is 10.5 Å². The van der Waals surface area contributed by atoms with Gasteiger partial charge in [0.25, 0.3) is 0 Å². The molecule has 2 aromatic rings. The topological polar surface area (TPSA) is 35.2 Å². The van der Waals surface area contributed by atoms with Crippen molar-refractivity contribution in [3.05, 3.63) is 53.6 Å². The zero-order chi connectivity index (χ0) is 14.0. The SMILES string of the molecule is Cc1ccc(N)cc1Oc1cccc(C(F)(F)F)c1. The number of alkyl halides is 3. The van der Waals surface area contributed by atoms with Crippen LogP contribution in [0.5, 0.6) is 11.5 Å². The van der Waals surface area contributed by atoms with Crippen molar-refractivity contribution in [2.75, 3.05) is 5.73 Å². The van der Waals surface area contributed by atoms with E-state index in [1.807, 2.05) is 0 Å². The van der Waals surface area contributed by atoms with Gasteiger partial charge in [0.2, 0.25) is 0 Å². The van der Waals surface area contributed by atoms with E-state index in [0.717, 1.165) is 17.7 Å². The number of nitrogen functional groups attached to an aromatic ring is 1. The average Bonchev–Trinajstić information content (AvgIpc) is 2.33. The minimum Gasteiger partial charge on any atom is -0.457 e. The Kier molecular flexibility index (Phi) is 3.38. The van der Waals surface area contributed by atoms with Gasteiger partial charge in [0.05, 0.1) is 5.56 Å². The summed E-state index contributed by atoms with van der Waals surface area (Å²) in [6.07, 6.45) is -4.38. The van der Waals surface area contributed by atoms with Crippen molar-refractivity contribution in [2.45, 2.75) is 13.1 Å². The Labute approximate surface area is 108 Å². The molecule has 0 atom stereocenters. The van der Waals surface area contributed by atoms with E-state index in [1.54, 1.807) is 25.1 Å². The van der Waals surface area contributed by atoms with Crippen molar-refractivity contribution >= 4 is 5.69 Å². The molecule has 0 aliphatic rings.